The van der Waals surface area contributed by atoms with Gasteiger partial charge in [0.15, 0.2) is 16.6 Å². The Hall–Kier alpha value is -5.28. The summed E-state index contributed by atoms with van der Waals surface area (Å²) >= 11 is 5.65. The number of carboxylic acids is 1. The molecule has 0 unspecified atom stereocenters. The minimum Gasteiger partial charge on any atom is -0.493 e. The Bertz CT molecular complexity index is 1610. The van der Waals surface area contributed by atoms with Crippen molar-refractivity contribution in [3.8, 4) is 11.5 Å². The molecule has 4 aromatic rings. The van der Waals surface area contributed by atoms with Crippen LogP contribution in [0.1, 0.15) is 21.5 Å². The summed E-state index contributed by atoms with van der Waals surface area (Å²) in [4.78, 5) is 41.4. The van der Waals surface area contributed by atoms with Crippen molar-refractivity contribution < 1.29 is 29.0 Å². The zero-order valence-corrected chi connectivity index (χ0v) is 22.7. The summed E-state index contributed by atoms with van der Waals surface area (Å²) in [5.41, 5.74) is 2.37. The topological polar surface area (TPSA) is 96.4 Å². The van der Waals surface area contributed by atoms with E-state index in [1.165, 1.54) is 35.1 Å². The molecule has 0 aromatic heterocycles. The quantitative estimate of drug-likeness (QED) is 0.166. The molecule has 41 heavy (non-hydrogen) atoms. The molecular formula is C32H24N2O6S. The number of rotatable bonds is 8. The van der Waals surface area contributed by atoms with E-state index in [2.05, 4.69) is 0 Å². The van der Waals surface area contributed by atoms with Gasteiger partial charge in [0.1, 0.15) is 12.2 Å². The Morgan fingerprint density at radius 3 is 1.98 bits per heavy atom. The number of para-hydroxylation sites is 2. The van der Waals surface area contributed by atoms with Crippen molar-refractivity contribution in [2.75, 3.05) is 16.9 Å². The summed E-state index contributed by atoms with van der Waals surface area (Å²) < 4.78 is 11.4. The molecular weight excluding hydrogens is 540 g/mol. The van der Waals surface area contributed by atoms with Gasteiger partial charge < -0.3 is 14.6 Å². The van der Waals surface area contributed by atoms with E-state index in [1.54, 1.807) is 78.9 Å². The normalized spacial score (nSPS) is 13.3. The number of hydrogen-bond donors (Lipinski definition) is 1. The summed E-state index contributed by atoms with van der Waals surface area (Å²) in [5.74, 6) is -1.33. The number of amides is 2. The van der Waals surface area contributed by atoms with Crippen LogP contribution < -0.4 is 19.3 Å². The van der Waals surface area contributed by atoms with Gasteiger partial charge in [0.2, 0.25) is 0 Å². The fourth-order valence-electron chi connectivity index (χ4n) is 4.35. The molecule has 1 aliphatic heterocycles. The molecule has 0 saturated carbocycles. The van der Waals surface area contributed by atoms with Crippen LogP contribution in [0.25, 0.3) is 6.08 Å². The number of benzene rings is 4. The number of hydrogen-bond acceptors (Lipinski definition) is 6. The van der Waals surface area contributed by atoms with Crippen molar-refractivity contribution in [1.29, 1.82) is 0 Å². The van der Waals surface area contributed by atoms with Gasteiger partial charge in [-0.2, -0.15) is 0 Å². The number of aromatic carboxylic acids is 1. The number of carbonyl (C=O) groups is 3. The number of methoxy groups -OCH3 is 1. The van der Waals surface area contributed by atoms with Crippen LogP contribution in [0, 0.1) is 0 Å². The highest BCUT2D eigenvalue weighted by Crippen LogP contribution is 2.33. The molecule has 0 aliphatic carbocycles. The van der Waals surface area contributed by atoms with Crippen LogP contribution in [0.2, 0.25) is 0 Å². The van der Waals surface area contributed by atoms with Crippen molar-refractivity contribution in [2.45, 2.75) is 6.61 Å². The average Bonchev–Trinajstić information content (AvgIpc) is 2.99. The van der Waals surface area contributed by atoms with Gasteiger partial charge in [0.05, 0.1) is 24.0 Å². The smallest absolute Gasteiger partial charge is 0.335 e. The lowest BCUT2D eigenvalue weighted by atomic mass is 10.0. The standard InChI is InChI=1S/C32H24N2O6S/c1-39-28-19-21(15-16-27(28)40-20-22-9-8-10-23(17-22)31(37)38)18-26-29(35)33(24-11-4-2-5-12-24)32(41)34(30(26)36)25-13-6-3-7-14-25/h2-19H,20H2,1H3,(H,37,38). The van der Waals surface area contributed by atoms with E-state index in [4.69, 9.17) is 21.7 Å². The maximum Gasteiger partial charge on any atom is 0.335 e. The molecule has 0 atom stereocenters. The second kappa shape index (κ2) is 11.8. The SMILES string of the molecule is COc1cc(C=C2C(=O)N(c3ccccc3)C(=S)N(c3ccccc3)C2=O)ccc1OCc1cccc(C(=O)O)c1. The van der Waals surface area contributed by atoms with E-state index in [0.717, 1.165) is 0 Å². The van der Waals surface area contributed by atoms with Crippen LogP contribution in [0.15, 0.2) is 109 Å². The number of anilines is 2. The Morgan fingerprint density at radius 2 is 1.41 bits per heavy atom. The van der Waals surface area contributed by atoms with Crippen LogP contribution in [0.4, 0.5) is 11.4 Å². The predicted octanol–water partition coefficient (Wildman–Crippen LogP) is 5.72. The highest BCUT2D eigenvalue weighted by Gasteiger charge is 2.41. The van der Waals surface area contributed by atoms with Gasteiger partial charge in [-0.05, 0) is 78.0 Å². The van der Waals surface area contributed by atoms with Gasteiger partial charge in [-0.1, -0.05) is 54.6 Å². The minimum atomic E-state index is -1.02. The van der Waals surface area contributed by atoms with E-state index in [1.807, 2.05) is 12.1 Å². The molecule has 1 heterocycles. The first-order chi connectivity index (χ1) is 19.9. The predicted molar refractivity (Wildman–Crippen MR) is 159 cm³/mol. The lowest BCUT2D eigenvalue weighted by molar-refractivity contribution is -0.120. The lowest BCUT2D eigenvalue weighted by Crippen LogP contribution is -2.56. The maximum atomic E-state index is 13.7. The third kappa shape index (κ3) is 5.70. The largest absolute Gasteiger partial charge is 0.493 e. The van der Waals surface area contributed by atoms with Crippen molar-refractivity contribution >= 4 is 52.6 Å². The van der Waals surface area contributed by atoms with Gasteiger partial charge in [-0.3, -0.25) is 19.4 Å². The van der Waals surface area contributed by atoms with Gasteiger partial charge in [0.25, 0.3) is 11.8 Å². The molecule has 2 amide bonds. The van der Waals surface area contributed by atoms with Crippen molar-refractivity contribution in [1.82, 2.24) is 0 Å². The molecule has 1 saturated heterocycles. The van der Waals surface area contributed by atoms with Crippen LogP contribution >= 0.6 is 12.2 Å². The molecule has 9 heteroatoms. The molecule has 1 N–H and O–H groups in total. The van der Waals surface area contributed by atoms with Gasteiger partial charge >= 0.3 is 5.97 Å². The highest BCUT2D eigenvalue weighted by atomic mass is 32.1. The zero-order chi connectivity index (χ0) is 28.9. The minimum absolute atomic E-state index is 0.0582. The average molecular weight is 565 g/mol. The molecule has 5 rings (SSSR count). The summed E-state index contributed by atoms with van der Waals surface area (Å²) in [6.45, 7) is 0.115. The Kier molecular flexibility index (Phi) is 7.89. The molecule has 8 nitrogen and oxygen atoms in total. The lowest BCUT2D eigenvalue weighted by Gasteiger charge is -2.36. The number of thiocarbonyl (C=S) groups is 1. The van der Waals surface area contributed by atoms with Gasteiger partial charge in [-0.15, -0.1) is 0 Å². The molecule has 4 aromatic carbocycles. The molecule has 0 bridgehead atoms. The van der Waals surface area contributed by atoms with Crippen LogP contribution in [0.3, 0.4) is 0 Å². The monoisotopic (exact) mass is 564 g/mol. The third-order valence-electron chi connectivity index (χ3n) is 6.35. The first kappa shape index (κ1) is 27.3. The number of nitrogens with zero attached hydrogens (tertiary/aromatic N) is 2. The van der Waals surface area contributed by atoms with Crippen molar-refractivity contribution in [3.05, 3.63) is 125 Å². The van der Waals surface area contributed by atoms with Crippen LogP contribution in [-0.4, -0.2) is 35.1 Å². The Labute approximate surface area is 241 Å². The van der Waals surface area contributed by atoms with E-state index >= 15 is 0 Å². The molecule has 204 valence electrons. The molecule has 0 spiro atoms. The zero-order valence-electron chi connectivity index (χ0n) is 21.9. The fourth-order valence-corrected chi connectivity index (χ4v) is 4.73. The van der Waals surface area contributed by atoms with E-state index in [9.17, 15) is 19.5 Å². The van der Waals surface area contributed by atoms with Crippen LogP contribution in [0.5, 0.6) is 11.5 Å². The Morgan fingerprint density at radius 1 is 0.805 bits per heavy atom. The van der Waals surface area contributed by atoms with Crippen molar-refractivity contribution in [3.63, 3.8) is 0 Å². The summed E-state index contributed by atoms with van der Waals surface area (Å²) in [5, 5.41) is 9.29. The molecule has 1 fully saturated rings. The number of carboxylic acid groups (broad SMARTS) is 1. The fraction of sp³-hybridized carbons (Fsp3) is 0.0625. The Balaban J connectivity index is 1.48. The van der Waals surface area contributed by atoms with E-state index in [0.29, 0.717) is 34.0 Å². The highest BCUT2D eigenvalue weighted by molar-refractivity contribution is 7.81. The number of carbonyl (C=O) groups excluding carboxylic acids is 2. The third-order valence-corrected chi connectivity index (χ3v) is 6.71. The maximum absolute atomic E-state index is 13.7. The summed E-state index contributed by atoms with van der Waals surface area (Å²) in [6, 6.07) is 29.3. The van der Waals surface area contributed by atoms with Crippen LogP contribution in [-0.2, 0) is 16.2 Å². The molecule has 0 radical (unpaired) electrons. The number of ether oxygens (including phenoxy) is 2. The van der Waals surface area contributed by atoms with Crippen molar-refractivity contribution in [2.24, 2.45) is 0 Å². The second-order valence-electron chi connectivity index (χ2n) is 9.00. The van der Waals surface area contributed by atoms with E-state index in [-0.39, 0.29) is 22.9 Å². The van der Waals surface area contributed by atoms with Gasteiger partial charge in [0, 0.05) is 0 Å². The first-order valence-corrected chi connectivity index (χ1v) is 13.0. The van der Waals surface area contributed by atoms with E-state index < -0.39 is 17.8 Å². The summed E-state index contributed by atoms with van der Waals surface area (Å²) in [7, 11) is 1.48. The summed E-state index contributed by atoms with van der Waals surface area (Å²) in [6.07, 6.45) is 1.50. The molecule has 1 aliphatic rings. The van der Waals surface area contributed by atoms with Gasteiger partial charge in [-0.25, -0.2) is 4.79 Å². The first-order valence-electron chi connectivity index (χ1n) is 12.5. The second-order valence-corrected chi connectivity index (χ2v) is 9.36.